The zero-order chi connectivity index (χ0) is 17.9. The fraction of sp³-hybridized carbons (Fsp3) is 0.467. The number of carbonyl (C=O) groups is 1. The largest absolute Gasteiger partial charge is 0.377 e. The average Bonchev–Trinajstić information content (AvgIpc) is 3.27. The lowest BCUT2D eigenvalue weighted by atomic mass is 10.1. The van der Waals surface area contributed by atoms with Crippen molar-refractivity contribution in [2.45, 2.75) is 45.2 Å². The van der Waals surface area contributed by atoms with Crippen LogP contribution in [0.25, 0.3) is 0 Å². The highest BCUT2D eigenvalue weighted by atomic mass is 32.1. The number of hydrogen-bond donors (Lipinski definition) is 4. The topological polar surface area (TPSA) is 108 Å². The van der Waals surface area contributed by atoms with Crippen LogP contribution in [0.15, 0.2) is 18.2 Å². The van der Waals surface area contributed by atoms with Gasteiger partial charge in [-0.3, -0.25) is 25.8 Å². The van der Waals surface area contributed by atoms with Gasteiger partial charge in [0.2, 0.25) is 0 Å². The Labute approximate surface area is 145 Å². The first-order chi connectivity index (χ1) is 11.2. The number of nitro benzene ring substituents is 1. The van der Waals surface area contributed by atoms with Gasteiger partial charge in [-0.25, -0.2) is 0 Å². The second-order valence-electron chi connectivity index (χ2n) is 6.69. The second-order valence-corrected chi connectivity index (χ2v) is 7.10. The van der Waals surface area contributed by atoms with Crippen molar-refractivity contribution in [1.82, 2.24) is 16.2 Å². The normalized spacial score (nSPS) is 13.8. The van der Waals surface area contributed by atoms with Gasteiger partial charge in [0, 0.05) is 23.2 Å². The summed E-state index contributed by atoms with van der Waals surface area (Å²) in [5.41, 5.74) is 5.24. The van der Waals surface area contributed by atoms with Gasteiger partial charge < -0.3 is 10.6 Å². The maximum Gasteiger partial charge on any atom is 0.293 e. The Morgan fingerprint density at radius 1 is 1.29 bits per heavy atom. The maximum absolute atomic E-state index is 12.1. The van der Waals surface area contributed by atoms with Gasteiger partial charge in [0.25, 0.3) is 11.6 Å². The average molecular weight is 351 g/mol. The summed E-state index contributed by atoms with van der Waals surface area (Å²) in [6.45, 7) is 5.78. The van der Waals surface area contributed by atoms with Crippen molar-refractivity contribution >= 4 is 34.6 Å². The summed E-state index contributed by atoms with van der Waals surface area (Å²) >= 11 is 5.06. The number of rotatable bonds is 4. The predicted molar refractivity (Wildman–Crippen MR) is 95.8 cm³/mol. The van der Waals surface area contributed by atoms with E-state index in [1.165, 1.54) is 12.1 Å². The first kappa shape index (κ1) is 17.9. The highest BCUT2D eigenvalue weighted by Crippen LogP contribution is 2.31. The Bertz CT molecular complexity index is 668. The van der Waals surface area contributed by atoms with Crippen LogP contribution in [-0.4, -0.2) is 27.5 Å². The van der Waals surface area contributed by atoms with Gasteiger partial charge in [-0.15, -0.1) is 0 Å². The molecule has 1 aromatic rings. The van der Waals surface area contributed by atoms with E-state index in [9.17, 15) is 14.9 Å². The first-order valence-electron chi connectivity index (χ1n) is 7.59. The maximum atomic E-state index is 12.1. The Morgan fingerprint density at radius 2 is 1.96 bits per heavy atom. The van der Waals surface area contributed by atoms with Gasteiger partial charge in [-0.2, -0.15) is 0 Å². The number of hydrazine groups is 1. The van der Waals surface area contributed by atoms with Crippen LogP contribution in [0.2, 0.25) is 0 Å². The van der Waals surface area contributed by atoms with Crippen LogP contribution in [-0.2, 0) is 0 Å². The van der Waals surface area contributed by atoms with Gasteiger partial charge in [-0.05, 0) is 58.0 Å². The fourth-order valence-electron chi connectivity index (χ4n) is 1.95. The summed E-state index contributed by atoms with van der Waals surface area (Å²) in [4.78, 5) is 22.8. The molecule has 0 unspecified atom stereocenters. The van der Waals surface area contributed by atoms with Crippen molar-refractivity contribution in [2.24, 2.45) is 0 Å². The molecule has 2 rings (SSSR count). The molecule has 0 saturated heterocycles. The number of nitrogens with zero attached hydrogens (tertiary/aromatic N) is 1. The van der Waals surface area contributed by atoms with Crippen molar-refractivity contribution in [3.05, 3.63) is 33.9 Å². The van der Waals surface area contributed by atoms with Crippen LogP contribution in [0.4, 0.5) is 11.4 Å². The number of nitro groups is 1. The molecular weight excluding hydrogens is 330 g/mol. The van der Waals surface area contributed by atoms with E-state index in [0.717, 1.165) is 12.8 Å². The summed E-state index contributed by atoms with van der Waals surface area (Å²) in [6.07, 6.45) is 2.00. The standard InChI is InChI=1S/C15H21N5O3S/c1-15(2,3)17-14(24)19-18-13(21)9-4-7-11(16-10-5-6-10)12(8-9)20(22)23/h4,7-8,10,16H,5-6H2,1-3H3,(H,18,21)(H2,17,19,24). The van der Waals surface area contributed by atoms with Gasteiger partial charge in [0.05, 0.1) is 4.92 Å². The molecule has 1 fully saturated rings. The molecule has 130 valence electrons. The van der Waals surface area contributed by atoms with Gasteiger partial charge in [0.1, 0.15) is 5.69 Å². The van der Waals surface area contributed by atoms with E-state index < -0.39 is 10.8 Å². The number of hydrogen-bond acceptors (Lipinski definition) is 5. The smallest absolute Gasteiger partial charge is 0.293 e. The quantitative estimate of drug-likeness (QED) is 0.374. The number of carbonyl (C=O) groups excluding carboxylic acids is 1. The molecule has 0 radical (unpaired) electrons. The third kappa shape index (κ3) is 5.34. The minimum atomic E-state index is -0.505. The van der Waals surface area contributed by atoms with Crippen LogP contribution in [0.3, 0.4) is 0 Å². The molecule has 1 amide bonds. The molecule has 1 aliphatic rings. The summed E-state index contributed by atoms with van der Waals surface area (Å²) in [6, 6.07) is 4.62. The Morgan fingerprint density at radius 3 is 2.50 bits per heavy atom. The monoisotopic (exact) mass is 351 g/mol. The Hall–Kier alpha value is -2.42. The van der Waals surface area contributed by atoms with Gasteiger partial charge >= 0.3 is 0 Å². The molecule has 0 aliphatic heterocycles. The number of amides is 1. The summed E-state index contributed by atoms with van der Waals surface area (Å²) < 4.78 is 0. The lowest BCUT2D eigenvalue weighted by molar-refractivity contribution is -0.384. The zero-order valence-electron chi connectivity index (χ0n) is 13.8. The molecule has 4 N–H and O–H groups in total. The SMILES string of the molecule is CC(C)(C)NC(=S)NNC(=O)c1ccc(NC2CC2)c([N+](=O)[O-])c1. The van der Waals surface area contributed by atoms with E-state index in [1.54, 1.807) is 6.07 Å². The molecule has 0 atom stereocenters. The molecule has 0 bridgehead atoms. The summed E-state index contributed by atoms with van der Waals surface area (Å²) in [5, 5.41) is 17.5. The van der Waals surface area contributed by atoms with Crippen molar-refractivity contribution < 1.29 is 9.72 Å². The van der Waals surface area contributed by atoms with Crippen molar-refractivity contribution in [3.63, 3.8) is 0 Å². The molecule has 24 heavy (non-hydrogen) atoms. The van der Waals surface area contributed by atoms with Crippen molar-refractivity contribution in [2.75, 3.05) is 5.32 Å². The highest BCUT2D eigenvalue weighted by molar-refractivity contribution is 7.80. The second kappa shape index (κ2) is 7.00. The van der Waals surface area contributed by atoms with E-state index in [4.69, 9.17) is 12.2 Å². The van der Waals surface area contributed by atoms with Gasteiger partial charge in [0.15, 0.2) is 5.11 Å². The molecular formula is C15H21N5O3S. The lowest BCUT2D eigenvalue weighted by Crippen LogP contribution is -2.52. The van der Waals surface area contributed by atoms with Crippen LogP contribution in [0.1, 0.15) is 44.0 Å². The van der Waals surface area contributed by atoms with Crippen LogP contribution >= 0.6 is 12.2 Å². The number of nitrogens with one attached hydrogen (secondary N) is 4. The van der Waals surface area contributed by atoms with E-state index in [-0.39, 0.29) is 27.9 Å². The molecule has 9 heteroatoms. The van der Waals surface area contributed by atoms with Crippen LogP contribution < -0.4 is 21.5 Å². The molecule has 0 aromatic heterocycles. The molecule has 1 saturated carbocycles. The molecule has 0 spiro atoms. The summed E-state index contributed by atoms with van der Waals surface area (Å²) in [5.74, 6) is -0.505. The Kier molecular flexibility index (Phi) is 5.23. The van der Waals surface area contributed by atoms with Crippen molar-refractivity contribution in [1.29, 1.82) is 0 Å². The van der Waals surface area contributed by atoms with Crippen LogP contribution in [0, 0.1) is 10.1 Å². The molecule has 8 nitrogen and oxygen atoms in total. The minimum absolute atomic E-state index is 0.120. The molecule has 0 heterocycles. The number of benzene rings is 1. The third-order valence-electron chi connectivity index (χ3n) is 3.17. The van der Waals surface area contributed by atoms with Crippen molar-refractivity contribution in [3.8, 4) is 0 Å². The first-order valence-corrected chi connectivity index (χ1v) is 8.00. The lowest BCUT2D eigenvalue weighted by Gasteiger charge is -2.23. The molecule has 1 aliphatic carbocycles. The third-order valence-corrected chi connectivity index (χ3v) is 3.38. The van der Waals surface area contributed by atoms with E-state index in [1.807, 2.05) is 20.8 Å². The predicted octanol–water partition coefficient (Wildman–Crippen LogP) is 2.08. The number of thiocarbonyl (C=S) groups is 1. The molecule has 1 aromatic carbocycles. The number of anilines is 1. The van der Waals surface area contributed by atoms with E-state index >= 15 is 0 Å². The van der Waals surface area contributed by atoms with Gasteiger partial charge in [-0.1, -0.05) is 0 Å². The zero-order valence-corrected chi connectivity index (χ0v) is 14.6. The van der Waals surface area contributed by atoms with E-state index in [0.29, 0.717) is 5.69 Å². The Balaban J connectivity index is 2.02. The van der Waals surface area contributed by atoms with E-state index in [2.05, 4.69) is 21.5 Å². The highest BCUT2D eigenvalue weighted by Gasteiger charge is 2.25. The minimum Gasteiger partial charge on any atom is -0.377 e. The fourth-order valence-corrected chi connectivity index (χ4v) is 2.31. The van der Waals surface area contributed by atoms with Crippen LogP contribution in [0.5, 0.6) is 0 Å². The summed E-state index contributed by atoms with van der Waals surface area (Å²) in [7, 11) is 0.